The number of imidazole rings is 1. The van der Waals surface area contributed by atoms with Crippen molar-refractivity contribution in [2.24, 2.45) is 5.73 Å². The molecule has 2 heterocycles. The first-order valence-electron chi connectivity index (χ1n) is 10.0. The lowest BCUT2D eigenvalue weighted by Gasteiger charge is -2.36. The zero-order valence-electron chi connectivity index (χ0n) is 18.1. The molecular weight excluding hydrogens is 396 g/mol. The maximum absolute atomic E-state index is 13.0. The lowest BCUT2D eigenvalue weighted by Crippen LogP contribution is -2.53. The summed E-state index contributed by atoms with van der Waals surface area (Å²) >= 11 is 0. The van der Waals surface area contributed by atoms with Crippen LogP contribution in [0.25, 0.3) is 0 Å². The number of primary amides is 1. The Bertz CT molecular complexity index is 906. The van der Waals surface area contributed by atoms with E-state index in [9.17, 15) is 14.4 Å². The third-order valence-corrected chi connectivity index (χ3v) is 4.97. The number of amides is 2. The van der Waals surface area contributed by atoms with Gasteiger partial charge < -0.3 is 16.1 Å². The van der Waals surface area contributed by atoms with E-state index in [4.69, 9.17) is 5.73 Å². The fraction of sp³-hybridized carbons (Fsp3) is 0.364. The van der Waals surface area contributed by atoms with Crippen molar-refractivity contribution in [3.05, 3.63) is 66.8 Å². The fourth-order valence-electron chi connectivity index (χ4n) is 3.35. The van der Waals surface area contributed by atoms with E-state index in [0.717, 1.165) is 25.2 Å². The lowest BCUT2D eigenvalue weighted by molar-refractivity contribution is -0.132. The summed E-state index contributed by atoms with van der Waals surface area (Å²) in [6.07, 6.45) is 10.5. The largest absolute Gasteiger partial charge is 0.363 e. The zero-order chi connectivity index (χ0) is 23.0. The number of hydrogen-bond donors (Lipinski definition) is 2. The van der Waals surface area contributed by atoms with Gasteiger partial charge in [-0.25, -0.2) is 9.66 Å². The van der Waals surface area contributed by atoms with Crippen LogP contribution in [-0.4, -0.2) is 75.8 Å². The SMILES string of the molecule is C=C/C=C(\C=C/C)CN1CCN(C(=O)C(C=C)Nn2c(C(=O)C(N)=O)cnc2C)CC1. The van der Waals surface area contributed by atoms with Gasteiger partial charge in [-0.05, 0) is 19.4 Å². The summed E-state index contributed by atoms with van der Waals surface area (Å²) in [7, 11) is 0. The van der Waals surface area contributed by atoms with Crippen molar-refractivity contribution < 1.29 is 14.4 Å². The monoisotopic (exact) mass is 426 g/mol. The molecule has 1 aliphatic rings. The molecule has 9 nitrogen and oxygen atoms in total. The number of nitrogens with one attached hydrogen (secondary N) is 1. The van der Waals surface area contributed by atoms with Crippen molar-refractivity contribution >= 4 is 17.6 Å². The van der Waals surface area contributed by atoms with E-state index >= 15 is 0 Å². The quantitative estimate of drug-likeness (QED) is 0.248. The van der Waals surface area contributed by atoms with E-state index in [1.165, 1.54) is 16.9 Å². The van der Waals surface area contributed by atoms with Crippen molar-refractivity contribution in [2.45, 2.75) is 19.9 Å². The van der Waals surface area contributed by atoms with Crippen LogP contribution in [0.5, 0.6) is 0 Å². The van der Waals surface area contributed by atoms with Crippen LogP contribution in [0.3, 0.4) is 0 Å². The molecule has 3 N–H and O–H groups in total. The summed E-state index contributed by atoms with van der Waals surface area (Å²) in [5, 5.41) is 0. The van der Waals surface area contributed by atoms with Gasteiger partial charge in [0.25, 0.3) is 17.6 Å². The summed E-state index contributed by atoms with van der Waals surface area (Å²) in [6, 6.07) is -0.793. The molecule has 1 unspecified atom stereocenters. The Morgan fingerprint density at radius 3 is 2.48 bits per heavy atom. The molecule has 1 saturated heterocycles. The lowest BCUT2D eigenvalue weighted by atomic mass is 10.1. The molecule has 0 radical (unpaired) electrons. The number of rotatable bonds is 10. The van der Waals surface area contributed by atoms with E-state index in [2.05, 4.69) is 34.5 Å². The van der Waals surface area contributed by atoms with Crippen molar-refractivity contribution in [3.63, 3.8) is 0 Å². The topological polar surface area (TPSA) is 114 Å². The number of nitrogens with zero attached hydrogens (tertiary/aromatic N) is 4. The summed E-state index contributed by atoms with van der Waals surface area (Å²) in [6.45, 7) is 14.5. The molecule has 9 heteroatoms. The maximum atomic E-state index is 13.0. The van der Waals surface area contributed by atoms with Gasteiger partial charge in [-0.15, -0.1) is 6.58 Å². The Kier molecular flexibility index (Phi) is 8.51. The van der Waals surface area contributed by atoms with Gasteiger partial charge in [0.2, 0.25) is 0 Å². The second kappa shape index (κ2) is 11.1. The van der Waals surface area contributed by atoms with Gasteiger partial charge in [-0.3, -0.25) is 19.3 Å². The summed E-state index contributed by atoms with van der Waals surface area (Å²) in [4.78, 5) is 44.4. The number of piperazine rings is 1. The molecule has 2 amide bonds. The molecule has 2 rings (SSSR count). The van der Waals surface area contributed by atoms with Crippen LogP contribution in [0.4, 0.5) is 0 Å². The Morgan fingerprint density at radius 2 is 1.94 bits per heavy atom. The highest BCUT2D eigenvalue weighted by atomic mass is 16.2. The molecule has 0 saturated carbocycles. The van der Waals surface area contributed by atoms with Gasteiger partial charge in [0, 0.05) is 32.7 Å². The number of aryl methyl sites for hydroxylation is 1. The van der Waals surface area contributed by atoms with Crippen LogP contribution in [0.15, 0.2) is 55.3 Å². The number of carbonyl (C=O) groups excluding carboxylic acids is 3. The predicted molar refractivity (Wildman–Crippen MR) is 120 cm³/mol. The third kappa shape index (κ3) is 6.02. The van der Waals surface area contributed by atoms with Crippen molar-refractivity contribution in [2.75, 3.05) is 38.1 Å². The van der Waals surface area contributed by atoms with Crippen molar-refractivity contribution in [1.82, 2.24) is 19.5 Å². The van der Waals surface area contributed by atoms with Crippen LogP contribution >= 0.6 is 0 Å². The van der Waals surface area contributed by atoms with Crippen LogP contribution in [-0.2, 0) is 9.59 Å². The first kappa shape index (κ1) is 23.8. The van der Waals surface area contributed by atoms with Crippen LogP contribution < -0.4 is 11.2 Å². The van der Waals surface area contributed by atoms with Gasteiger partial charge in [0.1, 0.15) is 17.6 Å². The van der Waals surface area contributed by atoms with E-state index in [-0.39, 0.29) is 11.6 Å². The summed E-state index contributed by atoms with van der Waals surface area (Å²) < 4.78 is 1.30. The van der Waals surface area contributed by atoms with Gasteiger partial charge >= 0.3 is 0 Å². The number of carbonyl (C=O) groups is 3. The number of hydrogen-bond acceptors (Lipinski definition) is 6. The normalized spacial score (nSPS) is 16.2. The molecule has 0 spiro atoms. The predicted octanol–water partition coefficient (Wildman–Crippen LogP) is 0.790. The molecule has 0 aliphatic carbocycles. The molecule has 1 atom stereocenters. The van der Waals surface area contributed by atoms with Gasteiger partial charge in [0.15, 0.2) is 0 Å². The van der Waals surface area contributed by atoms with Gasteiger partial charge in [-0.2, -0.15) is 0 Å². The van der Waals surface area contributed by atoms with Crippen LogP contribution in [0.1, 0.15) is 23.2 Å². The number of allylic oxidation sites excluding steroid dienone is 3. The van der Waals surface area contributed by atoms with E-state index in [1.54, 1.807) is 17.9 Å². The fourth-order valence-corrected chi connectivity index (χ4v) is 3.35. The Labute approximate surface area is 182 Å². The van der Waals surface area contributed by atoms with Crippen molar-refractivity contribution in [1.29, 1.82) is 0 Å². The van der Waals surface area contributed by atoms with E-state index in [1.807, 2.05) is 19.1 Å². The Balaban J connectivity index is 2.04. The van der Waals surface area contributed by atoms with Gasteiger partial charge in [0.05, 0.1) is 6.20 Å². The van der Waals surface area contributed by atoms with Gasteiger partial charge in [-0.1, -0.05) is 37.0 Å². The Hall–Kier alpha value is -3.46. The minimum atomic E-state index is -1.09. The molecule has 1 aliphatic heterocycles. The highest BCUT2D eigenvalue weighted by Gasteiger charge is 2.28. The first-order valence-corrected chi connectivity index (χ1v) is 10.0. The highest BCUT2D eigenvalue weighted by Crippen LogP contribution is 2.11. The van der Waals surface area contributed by atoms with E-state index in [0.29, 0.717) is 18.9 Å². The summed E-state index contributed by atoms with van der Waals surface area (Å²) in [5.74, 6) is -1.74. The van der Waals surface area contributed by atoms with Crippen LogP contribution in [0, 0.1) is 6.92 Å². The molecule has 0 aromatic carbocycles. The highest BCUT2D eigenvalue weighted by molar-refractivity contribution is 6.41. The summed E-state index contributed by atoms with van der Waals surface area (Å²) in [5.41, 5.74) is 9.16. The molecule has 1 aromatic rings. The molecule has 1 fully saturated rings. The molecule has 166 valence electrons. The van der Waals surface area contributed by atoms with E-state index < -0.39 is 17.7 Å². The average Bonchev–Trinajstić information content (AvgIpc) is 3.11. The standard InChI is InChI=1S/C22H30N6O3/c1-5-8-17(9-6-2)15-26-10-12-27(13-11-26)22(31)18(7-3)25-28-16(4)24-14-19(28)20(29)21(23)30/h5-9,14,18,25H,1,3,10-13,15H2,2,4H3,(H2,23,30)/b9-6-,17-8+. The first-order chi connectivity index (χ1) is 14.8. The van der Waals surface area contributed by atoms with Crippen LogP contribution in [0.2, 0.25) is 0 Å². The molecule has 31 heavy (non-hydrogen) atoms. The van der Waals surface area contributed by atoms with Crippen molar-refractivity contribution in [3.8, 4) is 0 Å². The number of ketones is 1. The molecular formula is C22H30N6O3. The number of nitrogens with two attached hydrogens (primary N) is 1. The molecule has 0 bridgehead atoms. The smallest absolute Gasteiger partial charge is 0.291 e. The third-order valence-electron chi connectivity index (χ3n) is 4.97. The number of aromatic nitrogens is 2. The minimum absolute atomic E-state index is 0.0278. The Morgan fingerprint density at radius 1 is 1.26 bits per heavy atom. The number of Topliss-reactive ketones (excluding diaryl/α,β-unsaturated/α-hetero) is 1. The minimum Gasteiger partial charge on any atom is -0.363 e. The second-order valence-electron chi connectivity index (χ2n) is 7.14. The second-order valence-corrected chi connectivity index (χ2v) is 7.14. The average molecular weight is 427 g/mol. The maximum Gasteiger partial charge on any atom is 0.291 e. The zero-order valence-corrected chi connectivity index (χ0v) is 18.1. The molecule has 1 aromatic heterocycles.